The minimum absolute atomic E-state index is 0.00147. The third-order valence-corrected chi connectivity index (χ3v) is 1.97. The number of non-ortho nitro benzene ring substituents is 1. The van der Waals surface area contributed by atoms with Crippen LogP contribution in [0.1, 0.15) is 5.56 Å². The second kappa shape index (κ2) is 4.96. The molecule has 0 radical (unpaired) electrons. The Morgan fingerprint density at radius 2 is 2.33 bits per heavy atom. The fourth-order valence-electron chi connectivity index (χ4n) is 1.23. The zero-order valence-electron chi connectivity index (χ0n) is 8.27. The van der Waals surface area contributed by atoms with Gasteiger partial charge in [0.25, 0.3) is 5.69 Å². The molecule has 1 aromatic carbocycles. The topological polar surface area (TPSA) is 56.7 Å². The largest absolute Gasteiger partial charge is 0.496 e. The summed E-state index contributed by atoms with van der Waals surface area (Å²) in [7, 11) is 1.46. The van der Waals surface area contributed by atoms with Gasteiger partial charge in [-0.3, -0.25) is 10.1 Å². The summed E-state index contributed by atoms with van der Waals surface area (Å²) in [5.74, 6) is 0.466. The summed E-state index contributed by atoms with van der Waals surface area (Å²) in [5, 5.41) is 10.5. The summed E-state index contributed by atoms with van der Waals surface area (Å²) in [5.41, 5.74) is 0.817. The molecule has 0 aliphatic heterocycles. The predicted octanol–water partition coefficient (Wildman–Crippen LogP) is 2.07. The van der Waals surface area contributed by atoms with Crippen LogP contribution in [-0.2, 0) is 6.42 Å². The SMILES string of the molecule is [C-]#[N+]CCc1ccc([N+](=O)[O-])cc1OC. The van der Waals surface area contributed by atoms with Crippen LogP contribution in [0.4, 0.5) is 5.69 Å². The minimum Gasteiger partial charge on any atom is -0.496 e. The molecule has 5 heteroatoms. The average Bonchev–Trinajstić information content (AvgIpc) is 2.25. The summed E-state index contributed by atoms with van der Waals surface area (Å²) in [6.07, 6.45) is 0.546. The first-order chi connectivity index (χ1) is 7.19. The smallest absolute Gasteiger partial charge is 0.273 e. The van der Waals surface area contributed by atoms with Crippen molar-refractivity contribution in [3.63, 3.8) is 0 Å². The molecule has 1 rings (SSSR count). The Bertz CT molecular complexity index is 410. The first-order valence-corrected chi connectivity index (χ1v) is 4.33. The lowest BCUT2D eigenvalue weighted by atomic mass is 10.1. The van der Waals surface area contributed by atoms with E-state index in [0.717, 1.165) is 5.56 Å². The van der Waals surface area contributed by atoms with Gasteiger partial charge in [0.15, 0.2) is 0 Å². The first-order valence-electron chi connectivity index (χ1n) is 4.33. The molecule has 0 saturated heterocycles. The molecule has 0 bridgehead atoms. The number of nitro benzene ring substituents is 1. The van der Waals surface area contributed by atoms with Gasteiger partial charge in [-0.2, -0.15) is 0 Å². The Labute approximate surface area is 87.3 Å². The van der Waals surface area contributed by atoms with Gasteiger partial charge in [0.2, 0.25) is 6.54 Å². The molecule has 15 heavy (non-hydrogen) atoms. The van der Waals surface area contributed by atoms with Crippen molar-refractivity contribution >= 4 is 5.69 Å². The van der Waals surface area contributed by atoms with E-state index in [-0.39, 0.29) is 5.69 Å². The summed E-state index contributed by atoms with van der Waals surface area (Å²) >= 11 is 0. The van der Waals surface area contributed by atoms with Gasteiger partial charge in [-0.25, -0.2) is 6.57 Å². The van der Waals surface area contributed by atoms with Gasteiger partial charge in [-0.1, -0.05) is 0 Å². The van der Waals surface area contributed by atoms with Gasteiger partial charge in [0, 0.05) is 18.1 Å². The van der Waals surface area contributed by atoms with Gasteiger partial charge >= 0.3 is 0 Å². The molecular formula is C10H10N2O3. The Kier molecular flexibility index (Phi) is 3.63. The van der Waals surface area contributed by atoms with E-state index in [9.17, 15) is 10.1 Å². The second-order valence-corrected chi connectivity index (χ2v) is 2.88. The molecule has 0 spiro atoms. The molecule has 0 heterocycles. The molecule has 5 nitrogen and oxygen atoms in total. The lowest BCUT2D eigenvalue weighted by molar-refractivity contribution is -0.384. The van der Waals surface area contributed by atoms with Crippen molar-refractivity contribution in [2.45, 2.75) is 6.42 Å². The number of methoxy groups -OCH3 is 1. The minimum atomic E-state index is -0.471. The highest BCUT2D eigenvalue weighted by Gasteiger charge is 2.11. The summed E-state index contributed by atoms with van der Waals surface area (Å²) in [6, 6.07) is 4.42. The van der Waals surface area contributed by atoms with E-state index < -0.39 is 4.92 Å². The Hall–Kier alpha value is -2.09. The van der Waals surface area contributed by atoms with Crippen molar-refractivity contribution in [3.05, 3.63) is 45.3 Å². The molecule has 1 aromatic rings. The number of rotatable bonds is 4. The lowest BCUT2D eigenvalue weighted by Crippen LogP contribution is -1.96. The van der Waals surface area contributed by atoms with Gasteiger partial charge in [-0.15, -0.1) is 0 Å². The van der Waals surface area contributed by atoms with Crippen LogP contribution in [-0.4, -0.2) is 18.6 Å². The maximum Gasteiger partial charge on any atom is 0.273 e. The van der Waals surface area contributed by atoms with E-state index in [2.05, 4.69) is 4.85 Å². The molecule has 0 aliphatic carbocycles. The van der Waals surface area contributed by atoms with Crippen LogP contribution in [0.3, 0.4) is 0 Å². The van der Waals surface area contributed by atoms with Crippen molar-refractivity contribution in [3.8, 4) is 5.75 Å². The summed E-state index contributed by atoms with van der Waals surface area (Å²) < 4.78 is 5.03. The number of nitro groups is 1. The van der Waals surface area contributed by atoms with E-state index in [4.69, 9.17) is 11.3 Å². The number of benzene rings is 1. The Morgan fingerprint density at radius 3 is 2.87 bits per heavy atom. The van der Waals surface area contributed by atoms with Crippen molar-refractivity contribution in [1.82, 2.24) is 0 Å². The standard InChI is InChI=1S/C10H10N2O3/c1-11-6-5-8-3-4-9(12(13)14)7-10(8)15-2/h3-4,7H,5-6H2,2H3. The highest BCUT2D eigenvalue weighted by atomic mass is 16.6. The van der Waals surface area contributed by atoms with Gasteiger partial charge < -0.3 is 9.58 Å². The number of hydrogen-bond donors (Lipinski definition) is 0. The summed E-state index contributed by atoms with van der Waals surface area (Å²) in [4.78, 5) is 13.2. The second-order valence-electron chi connectivity index (χ2n) is 2.88. The molecule has 0 unspecified atom stereocenters. The molecule has 78 valence electrons. The molecule has 0 aromatic heterocycles. The zero-order chi connectivity index (χ0) is 11.3. The molecule has 0 amide bonds. The van der Waals surface area contributed by atoms with Crippen molar-refractivity contribution in [2.75, 3.05) is 13.7 Å². The van der Waals surface area contributed by atoms with Crippen LogP contribution in [0, 0.1) is 16.7 Å². The Morgan fingerprint density at radius 1 is 1.60 bits per heavy atom. The van der Waals surface area contributed by atoms with Crippen LogP contribution in [0.5, 0.6) is 5.75 Å². The van der Waals surface area contributed by atoms with Gasteiger partial charge in [0.05, 0.1) is 18.1 Å². The molecule has 0 saturated carbocycles. The predicted molar refractivity (Wildman–Crippen MR) is 54.8 cm³/mol. The van der Waals surface area contributed by atoms with Crippen molar-refractivity contribution < 1.29 is 9.66 Å². The fourth-order valence-corrected chi connectivity index (χ4v) is 1.23. The number of ether oxygens (including phenoxy) is 1. The average molecular weight is 206 g/mol. The van der Waals surface area contributed by atoms with Crippen LogP contribution < -0.4 is 4.74 Å². The molecule has 0 atom stereocenters. The first kappa shape index (κ1) is 11.0. The van der Waals surface area contributed by atoms with E-state index in [1.54, 1.807) is 6.07 Å². The number of nitrogens with zero attached hydrogens (tertiary/aromatic N) is 2. The van der Waals surface area contributed by atoms with Crippen molar-refractivity contribution in [1.29, 1.82) is 0 Å². The van der Waals surface area contributed by atoms with E-state index >= 15 is 0 Å². The quantitative estimate of drug-likeness (QED) is 0.430. The molecule has 0 N–H and O–H groups in total. The third-order valence-electron chi connectivity index (χ3n) is 1.97. The normalized spacial score (nSPS) is 9.33. The van der Waals surface area contributed by atoms with E-state index in [0.29, 0.717) is 18.7 Å². The number of hydrogen-bond acceptors (Lipinski definition) is 3. The maximum absolute atomic E-state index is 10.5. The maximum atomic E-state index is 10.5. The van der Waals surface area contributed by atoms with E-state index in [1.165, 1.54) is 19.2 Å². The monoisotopic (exact) mass is 206 g/mol. The highest BCUT2D eigenvalue weighted by Crippen LogP contribution is 2.24. The Balaban J connectivity index is 2.99. The molecule has 0 aliphatic rings. The summed E-state index contributed by atoms with van der Waals surface area (Å²) in [6.45, 7) is 7.02. The van der Waals surface area contributed by atoms with E-state index in [1.807, 2.05) is 0 Å². The highest BCUT2D eigenvalue weighted by molar-refractivity contribution is 5.44. The van der Waals surface area contributed by atoms with Crippen LogP contribution >= 0.6 is 0 Å². The third kappa shape index (κ3) is 2.68. The van der Waals surface area contributed by atoms with Gasteiger partial charge in [0.1, 0.15) is 5.75 Å². The molecular weight excluding hydrogens is 196 g/mol. The van der Waals surface area contributed by atoms with Crippen LogP contribution in [0.2, 0.25) is 0 Å². The van der Waals surface area contributed by atoms with Crippen LogP contribution in [0.25, 0.3) is 4.85 Å². The van der Waals surface area contributed by atoms with Crippen LogP contribution in [0.15, 0.2) is 18.2 Å². The van der Waals surface area contributed by atoms with Gasteiger partial charge in [-0.05, 0) is 6.07 Å². The molecule has 0 fully saturated rings. The lowest BCUT2D eigenvalue weighted by Gasteiger charge is -2.05. The van der Waals surface area contributed by atoms with Crippen molar-refractivity contribution in [2.24, 2.45) is 0 Å². The zero-order valence-corrected chi connectivity index (χ0v) is 8.27. The fraction of sp³-hybridized carbons (Fsp3) is 0.300.